The van der Waals surface area contributed by atoms with Crippen LogP contribution in [-0.2, 0) is 0 Å². The van der Waals surface area contributed by atoms with Crippen LogP contribution in [0, 0.1) is 20.2 Å². The lowest BCUT2D eigenvalue weighted by molar-refractivity contribution is -0.385. The van der Waals surface area contributed by atoms with Crippen LogP contribution in [0.3, 0.4) is 0 Å². The first kappa shape index (κ1) is 14.6. The summed E-state index contributed by atoms with van der Waals surface area (Å²) < 4.78 is 0.894. The Bertz CT molecular complexity index is 719. The smallest absolute Gasteiger partial charge is 0.258 e. The van der Waals surface area contributed by atoms with Crippen LogP contribution in [0.2, 0.25) is 0 Å². The molecule has 0 amide bonds. The van der Waals surface area contributed by atoms with Crippen LogP contribution in [-0.4, -0.2) is 9.85 Å². The molecule has 102 valence electrons. The van der Waals surface area contributed by atoms with E-state index in [1.165, 1.54) is 18.2 Å². The summed E-state index contributed by atoms with van der Waals surface area (Å²) in [7, 11) is 0. The van der Waals surface area contributed by atoms with Gasteiger partial charge in [-0.3, -0.25) is 20.2 Å². The molecule has 2 rings (SSSR count). The normalized spacial score (nSPS) is 10.3. The highest BCUT2D eigenvalue weighted by molar-refractivity contribution is 9.10. The monoisotopic (exact) mass is 400 g/mol. The molecule has 0 spiro atoms. The molecule has 0 saturated carbocycles. The van der Waals surface area contributed by atoms with Crippen molar-refractivity contribution >= 4 is 43.2 Å². The van der Waals surface area contributed by atoms with Gasteiger partial charge in [0.25, 0.3) is 11.4 Å². The van der Waals surface area contributed by atoms with E-state index in [-0.39, 0.29) is 11.4 Å². The SMILES string of the molecule is O=[N+]([O-])c1cc(-c2ccc(Br)cc2[N+](=O)[O-])ccc1Br. The highest BCUT2D eigenvalue weighted by Gasteiger charge is 2.19. The van der Waals surface area contributed by atoms with Gasteiger partial charge in [-0.25, -0.2) is 0 Å². The maximum atomic E-state index is 11.1. The average Bonchev–Trinajstić information content (AvgIpc) is 2.39. The quantitative estimate of drug-likeness (QED) is 0.551. The van der Waals surface area contributed by atoms with Crippen molar-refractivity contribution < 1.29 is 9.85 Å². The molecule has 0 unspecified atom stereocenters. The summed E-state index contributed by atoms with van der Waals surface area (Å²) in [5, 5.41) is 22.0. The molecule has 0 aromatic heterocycles. The minimum atomic E-state index is -0.543. The van der Waals surface area contributed by atoms with E-state index in [0.29, 0.717) is 20.1 Å². The van der Waals surface area contributed by atoms with E-state index in [4.69, 9.17) is 0 Å². The van der Waals surface area contributed by atoms with Crippen LogP contribution < -0.4 is 0 Å². The highest BCUT2D eigenvalue weighted by Crippen LogP contribution is 2.36. The summed E-state index contributed by atoms with van der Waals surface area (Å²) in [6.45, 7) is 0. The second-order valence-electron chi connectivity index (χ2n) is 3.84. The summed E-state index contributed by atoms with van der Waals surface area (Å²) >= 11 is 6.25. The fourth-order valence-corrected chi connectivity index (χ4v) is 2.46. The van der Waals surface area contributed by atoms with Crippen molar-refractivity contribution in [2.45, 2.75) is 0 Å². The molecule has 20 heavy (non-hydrogen) atoms. The van der Waals surface area contributed by atoms with Gasteiger partial charge in [-0.1, -0.05) is 22.0 Å². The Balaban J connectivity index is 2.66. The Hall–Kier alpha value is -1.80. The standard InChI is InChI=1S/C12H6Br2N2O4/c13-8-2-3-9(11(6-8)15(17)18)7-1-4-10(14)12(5-7)16(19)20/h1-6H. The average molecular weight is 402 g/mol. The molecule has 0 aliphatic carbocycles. The maximum absolute atomic E-state index is 11.1. The van der Waals surface area contributed by atoms with Crippen molar-refractivity contribution in [2.24, 2.45) is 0 Å². The van der Waals surface area contributed by atoms with E-state index in [9.17, 15) is 20.2 Å². The van der Waals surface area contributed by atoms with Gasteiger partial charge in [0.1, 0.15) is 0 Å². The van der Waals surface area contributed by atoms with E-state index in [2.05, 4.69) is 31.9 Å². The third-order valence-electron chi connectivity index (χ3n) is 2.61. The number of nitrogens with zero attached hydrogens (tertiary/aromatic N) is 2. The van der Waals surface area contributed by atoms with Gasteiger partial charge in [-0.05, 0) is 39.7 Å². The summed E-state index contributed by atoms with van der Waals surface area (Å²) in [6.07, 6.45) is 0. The second kappa shape index (κ2) is 5.68. The lowest BCUT2D eigenvalue weighted by atomic mass is 10.0. The molecule has 2 aromatic carbocycles. The fraction of sp³-hybridized carbons (Fsp3) is 0. The topological polar surface area (TPSA) is 86.3 Å². The lowest BCUT2D eigenvalue weighted by Gasteiger charge is -2.05. The molecule has 0 radical (unpaired) electrons. The van der Waals surface area contributed by atoms with Crippen LogP contribution in [0.4, 0.5) is 11.4 Å². The highest BCUT2D eigenvalue weighted by atomic mass is 79.9. The zero-order valence-electron chi connectivity index (χ0n) is 9.75. The van der Waals surface area contributed by atoms with Gasteiger partial charge >= 0.3 is 0 Å². The van der Waals surface area contributed by atoms with E-state index < -0.39 is 9.85 Å². The van der Waals surface area contributed by atoms with Crippen LogP contribution in [0.1, 0.15) is 0 Å². The number of hydrogen-bond donors (Lipinski definition) is 0. The number of rotatable bonds is 3. The summed E-state index contributed by atoms with van der Waals surface area (Å²) in [5.74, 6) is 0. The lowest BCUT2D eigenvalue weighted by Crippen LogP contribution is -1.94. The van der Waals surface area contributed by atoms with Crippen LogP contribution >= 0.6 is 31.9 Å². The molecule has 2 aromatic rings. The van der Waals surface area contributed by atoms with Gasteiger partial charge in [0.05, 0.1) is 19.9 Å². The van der Waals surface area contributed by atoms with Crippen LogP contribution in [0.5, 0.6) is 0 Å². The van der Waals surface area contributed by atoms with Gasteiger partial charge in [-0.15, -0.1) is 0 Å². The Morgan fingerprint density at radius 3 is 2.10 bits per heavy atom. The van der Waals surface area contributed by atoms with Crippen molar-refractivity contribution in [1.82, 2.24) is 0 Å². The molecular formula is C12H6Br2N2O4. The Labute approximate surface area is 130 Å². The molecule has 0 bridgehead atoms. The zero-order valence-corrected chi connectivity index (χ0v) is 12.9. The van der Waals surface area contributed by atoms with E-state index in [1.54, 1.807) is 18.2 Å². The Morgan fingerprint density at radius 1 is 0.850 bits per heavy atom. The zero-order chi connectivity index (χ0) is 14.9. The molecular weight excluding hydrogens is 396 g/mol. The largest absolute Gasteiger partial charge is 0.284 e. The van der Waals surface area contributed by atoms with Crippen molar-refractivity contribution in [3.05, 3.63) is 65.6 Å². The molecule has 6 nitrogen and oxygen atoms in total. The molecule has 0 heterocycles. The van der Waals surface area contributed by atoms with E-state index >= 15 is 0 Å². The van der Waals surface area contributed by atoms with Gasteiger partial charge in [0, 0.05) is 16.6 Å². The van der Waals surface area contributed by atoms with Crippen LogP contribution in [0.15, 0.2) is 45.3 Å². The number of nitro benzene ring substituents is 2. The van der Waals surface area contributed by atoms with Gasteiger partial charge in [0.2, 0.25) is 0 Å². The van der Waals surface area contributed by atoms with E-state index in [1.807, 2.05) is 0 Å². The molecule has 0 fully saturated rings. The first-order valence-electron chi connectivity index (χ1n) is 5.28. The Kier molecular flexibility index (Phi) is 4.15. The third-order valence-corrected chi connectivity index (χ3v) is 3.77. The fourth-order valence-electron chi connectivity index (χ4n) is 1.72. The molecule has 0 N–H and O–H groups in total. The predicted molar refractivity (Wildman–Crippen MR) is 80.6 cm³/mol. The molecule has 0 saturated heterocycles. The minimum Gasteiger partial charge on any atom is -0.258 e. The summed E-state index contributed by atoms with van der Waals surface area (Å²) in [4.78, 5) is 20.9. The summed E-state index contributed by atoms with van der Waals surface area (Å²) in [6, 6.07) is 8.96. The van der Waals surface area contributed by atoms with E-state index in [0.717, 1.165) is 0 Å². The van der Waals surface area contributed by atoms with Crippen molar-refractivity contribution in [3.8, 4) is 11.1 Å². The number of nitro groups is 2. The predicted octanol–water partition coefficient (Wildman–Crippen LogP) is 4.70. The van der Waals surface area contributed by atoms with Crippen LogP contribution in [0.25, 0.3) is 11.1 Å². The minimum absolute atomic E-state index is 0.115. The molecule has 8 heteroatoms. The van der Waals surface area contributed by atoms with Gasteiger partial charge < -0.3 is 0 Å². The van der Waals surface area contributed by atoms with Crippen molar-refractivity contribution in [1.29, 1.82) is 0 Å². The first-order valence-corrected chi connectivity index (χ1v) is 6.87. The number of benzene rings is 2. The first-order chi connectivity index (χ1) is 9.40. The van der Waals surface area contributed by atoms with Crippen molar-refractivity contribution in [3.63, 3.8) is 0 Å². The molecule has 0 aliphatic heterocycles. The third kappa shape index (κ3) is 2.86. The summed E-state index contributed by atoms with van der Waals surface area (Å²) in [5.41, 5.74) is 0.489. The second-order valence-corrected chi connectivity index (χ2v) is 5.61. The molecule has 0 aliphatic rings. The van der Waals surface area contributed by atoms with Crippen molar-refractivity contribution in [2.75, 3.05) is 0 Å². The maximum Gasteiger partial charge on any atom is 0.284 e. The Morgan fingerprint density at radius 2 is 1.50 bits per heavy atom. The van der Waals surface area contributed by atoms with Gasteiger partial charge in [-0.2, -0.15) is 0 Å². The van der Waals surface area contributed by atoms with Gasteiger partial charge in [0.15, 0.2) is 0 Å². The molecule has 0 atom stereocenters. The number of halogens is 2. The number of hydrogen-bond acceptors (Lipinski definition) is 4.